The summed E-state index contributed by atoms with van der Waals surface area (Å²) in [6, 6.07) is 11.0. The number of amides is 1. The molecule has 8 nitrogen and oxygen atoms in total. The molecule has 0 saturated heterocycles. The van der Waals surface area contributed by atoms with Gasteiger partial charge in [0.25, 0.3) is 0 Å². The predicted octanol–water partition coefficient (Wildman–Crippen LogP) is 3.53. The fourth-order valence-corrected chi connectivity index (χ4v) is 6.09. The highest BCUT2D eigenvalue weighted by atomic mass is 32.2. The molecule has 5 rings (SSSR count). The lowest BCUT2D eigenvalue weighted by Gasteiger charge is -2.34. The molecule has 0 aliphatic carbocycles. The summed E-state index contributed by atoms with van der Waals surface area (Å²) in [5.41, 5.74) is 2.48. The zero-order valence-electron chi connectivity index (χ0n) is 19.6. The number of hydrogen-bond donors (Lipinski definition) is 1. The van der Waals surface area contributed by atoms with Gasteiger partial charge < -0.3 is 9.88 Å². The van der Waals surface area contributed by atoms with Crippen molar-refractivity contribution < 1.29 is 17.6 Å². The maximum absolute atomic E-state index is 14.8. The molecule has 1 N–H and O–H groups in total. The van der Waals surface area contributed by atoms with Crippen LogP contribution in [-0.4, -0.2) is 45.2 Å². The first kappa shape index (κ1) is 23.6. The molecule has 1 atom stereocenters. The molecule has 35 heavy (non-hydrogen) atoms. The van der Waals surface area contributed by atoms with Gasteiger partial charge in [-0.25, -0.2) is 12.8 Å². The molecular weight excluding hydrogens is 469 g/mol. The third-order valence-electron chi connectivity index (χ3n) is 6.81. The minimum Gasteiger partial charge on any atom is -0.325 e. The quantitative estimate of drug-likeness (QED) is 0.582. The molecule has 0 fully saturated rings. The molecule has 2 aliphatic heterocycles. The first-order valence-electron chi connectivity index (χ1n) is 12.0. The number of nitrogens with one attached hydrogen (secondary N) is 1. The second kappa shape index (κ2) is 9.50. The zero-order valence-corrected chi connectivity index (χ0v) is 20.4. The van der Waals surface area contributed by atoms with E-state index in [9.17, 15) is 17.6 Å². The Bertz CT molecular complexity index is 1370. The predicted molar refractivity (Wildman–Crippen MR) is 131 cm³/mol. The van der Waals surface area contributed by atoms with Gasteiger partial charge in [0.2, 0.25) is 15.9 Å². The number of benzene rings is 2. The van der Waals surface area contributed by atoms with E-state index in [2.05, 4.69) is 15.5 Å². The number of rotatable bonds is 5. The van der Waals surface area contributed by atoms with Gasteiger partial charge in [-0.3, -0.25) is 4.79 Å². The van der Waals surface area contributed by atoms with Gasteiger partial charge in [-0.05, 0) is 55.5 Å². The standard InChI is InChI=1S/C25H28FN5O3S/c1-2-35(33,34)31-16-18-9-6-5-8-17(18)14-22(31)25(32)27-19-11-12-21(26)20(15-19)24-29-28-23-10-4-3-7-13-30(23)24/h5-6,8-9,11-12,15,22H,2-4,7,10,13-14,16H2,1H3,(H,27,32)/t22-/m1/s1. The first-order valence-corrected chi connectivity index (χ1v) is 13.6. The SMILES string of the molecule is CCS(=O)(=O)N1Cc2ccccc2C[C@@H]1C(=O)Nc1ccc(F)c(-c2nnc3n2CCCCC3)c1. The van der Waals surface area contributed by atoms with Crippen molar-refractivity contribution in [2.45, 2.75) is 58.2 Å². The Morgan fingerprint density at radius 3 is 2.71 bits per heavy atom. The van der Waals surface area contributed by atoms with Crippen molar-refractivity contribution in [1.29, 1.82) is 0 Å². The van der Waals surface area contributed by atoms with E-state index >= 15 is 0 Å². The topological polar surface area (TPSA) is 97.2 Å². The van der Waals surface area contributed by atoms with E-state index in [1.165, 1.54) is 16.4 Å². The van der Waals surface area contributed by atoms with Gasteiger partial charge in [0, 0.05) is 25.2 Å². The van der Waals surface area contributed by atoms with Gasteiger partial charge >= 0.3 is 0 Å². The molecule has 184 valence electrons. The van der Waals surface area contributed by atoms with Crippen LogP contribution in [0.15, 0.2) is 42.5 Å². The van der Waals surface area contributed by atoms with Crippen molar-refractivity contribution in [3.05, 3.63) is 65.2 Å². The Labute approximate surface area is 204 Å². The third kappa shape index (κ3) is 4.60. The second-order valence-corrected chi connectivity index (χ2v) is 11.2. The van der Waals surface area contributed by atoms with Crippen LogP contribution in [0.1, 0.15) is 43.1 Å². The highest BCUT2D eigenvalue weighted by Gasteiger charge is 2.38. The van der Waals surface area contributed by atoms with Gasteiger partial charge in [-0.15, -0.1) is 10.2 Å². The van der Waals surface area contributed by atoms with Crippen LogP contribution in [0.25, 0.3) is 11.4 Å². The average molecular weight is 498 g/mol. The molecular formula is C25H28FN5O3S. The summed E-state index contributed by atoms with van der Waals surface area (Å²) in [7, 11) is -3.62. The number of hydrogen-bond acceptors (Lipinski definition) is 5. The first-order chi connectivity index (χ1) is 16.9. The molecule has 0 unspecified atom stereocenters. The maximum Gasteiger partial charge on any atom is 0.243 e. The van der Waals surface area contributed by atoms with Crippen molar-refractivity contribution >= 4 is 21.6 Å². The van der Waals surface area contributed by atoms with Crippen LogP contribution in [0, 0.1) is 5.82 Å². The lowest BCUT2D eigenvalue weighted by molar-refractivity contribution is -0.120. The molecule has 0 bridgehead atoms. The van der Waals surface area contributed by atoms with Crippen LogP contribution in [0.4, 0.5) is 10.1 Å². The van der Waals surface area contributed by atoms with Crippen LogP contribution < -0.4 is 5.32 Å². The number of carbonyl (C=O) groups is 1. The van der Waals surface area contributed by atoms with Crippen LogP contribution >= 0.6 is 0 Å². The van der Waals surface area contributed by atoms with E-state index in [-0.39, 0.29) is 24.3 Å². The van der Waals surface area contributed by atoms with Crippen molar-refractivity contribution in [3.8, 4) is 11.4 Å². The van der Waals surface area contributed by atoms with E-state index in [1.807, 2.05) is 28.8 Å². The Hall–Kier alpha value is -3.11. The Morgan fingerprint density at radius 2 is 1.91 bits per heavy atom. The lowest BCUT2D eigenvalue weighted by Crippen LogP contribution is -2.51. The number of carbonyl (C=O) groups excluding carboxylic acids is 1. The fourth-order valence-electron chi connectivity index (χ4n) is 4.86. The van der Waals surface area contributed by atoms with Crippen LogP contribution in [0.5, 0.6) is 0 Å². The third-order valence-corrected chi connectivity index (χ3v) is 8.64. The highest BCUT2D eigenvalue weighted by molar-refractivity contribution is 7.89. The Morgan fingerprint density at radius 1 is 1.11 bits per heavy atom. The minimum absolute atomic E-state index is 0.0996. The van der Waals surface area contributed by atoms with Gasteiger partial charge in [0.15, 0.2) is 5.82 Å². The van der Waals surface area contributed by atoms with E-state index in [0.717, 1.165) is 49.2 Å². The minimum atomic E-state index is -3.62. The Kier molecular flexibility index (Phi) is 6.41. The molecule has 1 amide bonds. The summed E-state index contributed by atoms with van der Waals surface area (Å²) < 4.78 is 43.7. The van der Waals surface area contributed by atoms with Gasteiger partial charge in [0.05, 0.1) is 11.3 Å². The van der Waals surface area contributed by atoms with Crippen molar-refractivity contribution in [2.24, 2.45) is 0 Å². The maximum atomic E-state index is 14.8. The molecule has 3 aromatic rings. The van der Waals surface area contributed by atoms with Gasteiger partial charge in [-0.2, -0.15) is 4.31 Å². The molecule has 2 aromatic carbocycles. The fraction of sp³-hybridized carbons (Fsp3) is 0.400. The molecule has 0 spiro atoms. The van der Waals surface area contributed by atoms with Crippen LogP contribution in [0.2, 0.25) is 0 Å². The van der Waals surface area contributed by atoms with Crippen molar-refractivity contribution in [2.75, 3.05) is 11.1 Å². The zero-order chi connectivity index (χ0) is 24.6. The average Bonchev–Trinajstić information content (AvgIpc) is 3.11. The summed E-state index contributed by atoms with van der Waals surface area (Å²) in [6.45, 7) is 2.43. The Balaban J connectivity index is 1.44. The normalized spacial score (nSPS) is 18.4. The molecule has 0 saturated carbocycles. The van der Waals surface area contributed by atoms with Gasteiger partial charge in [0.1, 0.15) is 17.7 Å². The van der Waals surface area contributed by atoms with Crippen LogP contribution in [-0.2, 0) is 40.7 Å². The molecule has 1 aromatic heterocycles. The number of nitrogens with zero attached hydrogens (tertiary/aromatic N) is 4. The largest absolute Gasteiger partial charge is 0.325 e. The second-order valence-electron chi connectivity index (χ2n) is 9.02. The van der Waals surface area contributed by atoms with E-state index in [0.29, 0.717) is 11.5 Å². The number of aryl methyl sites for hydroxylation is 1. The summed E-state index contributed by atoms with van der Waals surface area (Å²) >= 11 is 0. The van der Waals surface area contributed by atoms with E-state index < -0.39 is 27.8 Å². The monoisotopic (exact) mass is 497 g/mol. The number of anilines is 1. The number of sulfonamides is 1. The summed E-state index contributed by atoms with van der Waals surface area (Å²) in [5, 5.41) is 11.3. The summed E-state index contributed by atoms with van der Waals surface area (Å²) in [5.74, 6) is 0.278. The molecule has 2 aliphatic rings. The van der Waals surface area contributed by atoms with E-state index in [4.69, 9.17) is 0 Å². The highest BCUT2D eigenvalue weighted by Crippen LogP contribution is 2.30. The molecule has 3 heterocycles. The molecule has 0 radical (unpaired) electrons. The smallest absolute Gasteiger partial charge is 0.243 e. The van der Waals surface area contributed by atoms with Crippen LogP contribution in [0.3, 0.4) is 0 Å². The van der Waals surface area contributed by atoms with Crippen molar-refractivity contribution in [3.63, 3.8) is 0 Å². The number of aromatic nitrogens is 3. The summed E-state index contributed by atoms with van der Waals surface area (Å²) in [4.78, 5) is 13.4. The molecule has 10 heteroatoms. The number of fused-ring (bicyclic) bond motifs is 2. The van der Waals surface area contributed by atoms with Gasteiger partial charge in [-0.1, -0.05) is 30.7 Å². The van der Waals surface area contributed by atoms with Crippen molar-refractivity contribution in [1.82, 2.24) is 19.1 Å². The summed E-state index contributed by atoms with van der Waals surface area (Å²) in [6.07, 6.45) is 4.16. The lowest BCUT2D eigenvalue weighted by atomic mass is 9.95. The van der Waals surface area contributed by atoms with E-state index in [1.54, 1.807) is 13.0 Å². The number of halogens is 1.